The lowest BCUT2D eigenvalue weighted by atomic mass is 9.88. The fraction of sp³-hybridized carbons (Fsp3) is 0.364. The van der Waals surface area contributed by atoms with E-state index in [1.165, 1.54) is 30.3 Å². The molecule has 1 heterocycles. The minimum absolute atomic E-state index is 0.0313. The molecule has 7 nitrogen and oxygen atoms in total. The molecule has 2 aromatic carbocycles. The average Bonchev–Trinajstić information content (AvgIpc) is 3.57. The van der Waals surface area contributed by atoms with Crippen LogP contribution in [0.15, 0.2) is 42.5 Å². The highest BCUT2D eigenvalue weighted by Gasteiger charge is 2.30. The van der Waals surface area contributed by atoms with E-state index < -0.39 is 4.92 Å². The molecule has 1 N–H and O–H groups in total. The smallest absolute Gasteiger partial charge is 0.293 e. The zero-order chi connectivity index (χ0) is 21.3. The van der Waals surface area contributed by atoms with Crippen LogP contribution in [0.25, 0.3) is 0 Å². The van der Waals surface area contributed by atoms with Crippen molar-refractivity contribution in [1.82, 2.24) is 5.32 Å². The van der Waals surface area contributed by atoms with Crippen LogP contribution in [0, 0.1) is 21.8 Å². The van der Waals surface area contributed by atoms with E-state index in [-0.39, 0.29) is 40.7 Å². The SMILES string of the molecule is O=C(NC1CC1)c1ccc(N2CCC(C(=O)c3ccc(F)cc3)CC2)c([N+](=O)[O-])c1. The molecule has 0 aromatic heterocycles. The predicted molar refractivity (Wildman–Crippen MR) is 109 cm³/mol. The number of ketones is 1. The van der Waals surface area contributed by atoms with E-state index in [1.807, 2.05) is 4.90 Å². The van der Waals surface area contributed by atoms with Gasteiger partial charge in [-0.1, -0.05) is 0 Å². The minimum atomic E-state index is -0.473. The Morgan fingerprint density at radius 3 is 2.23 bits per heavy atom. The summed E-state index contributed by atoms with van der Waals surface area (Å²) in [5.41, 5.74) is 1.10. The number of carbonyl (C=O) groups excluding carboxylic acids is 2. The summed E-state index contributed by atoms with van der Waals surface area (Å²) in [6.07, 6.45) is 2.99. The number of nitrogens with zero attached hydrogens (tertiary/aromatic N) is 2. The van der Waals surface area contributed by atoms with Crippen molar-refractivity contribution in [2.24, 2.45) is 5.92 Å². The quantitative estimate of drug-likeness (QED) is 0.444. The number of anilines is 1. The molecule has 1 saturated carbocycles. The zero-order valence-electron chi connectivity index (χ0n) is 16.3. The molecule has 30 heavy (non-hydrogen) atoms. The van der Waals surface area contributed by atoms with Gasteiger partial charge in [0.05, 0.1) is 4.92 Å². The van der Waals surface area contributed by atoms with Gasteiger partial charge < -0.3 is 10.2 Å². The number of halogens is 1. The largest absolute Gasteiger partial charge is 0.366 e. The summed E-state index contributed by atoms with van der Waals surface area (Å²) in [7, 11) is 0. The number of piperidine rings is 1. The first-order valence-electron chi connectivity index (χ1n) is 10.1. The maximum atomic E-state index is 13.1. The van der Waals surface area contributed by atoms with E-state index in [2.05, 4.69) is 5.32 Å². The molecule has 0 radical (unpaired) electrons. The van der Waals surface area contributed by atoms with E-state index in [4.69, 9.17) is 0 Å². The van der Waals surface area contributed by atoms with Crippen LogP contribution in [0.3, 0.4) is 0 Å². The number of benzene rings is 2. The molecule has 0 unspecified atom stereocenters. The number of hydrogen-bond donors (Lipinski definition) is 1. The molecule has 156 valence electrons. The monoisotopic (exact) mass is 411 g/mol. The van der Waals surface area contributed by atoms with Crippen molar-refractivity contribution in [2.45, 2.75) is 31.7 Å². The van der Waals surface area contributed by atoms with E-state index in [0.717, 1.165) is 12.8 Å². The molecule has 1 amide bonds. The van der Waals surface area contributed by atoms with Gasteiger partial charge in [-0.15, -0.1) is 0 Å². The van der Waals surface area contributed by atoms with Gasteiger partial charge in [0.25, 0.3) is 11.6 Å². The predicted octanol–water partition coefficient (Wildman–Crippen LogP) is 3.73. The first-order chi connectivity index (χ1) is 14.4. The lowest BCUT2D eigenvalue weighted by Crippen LogP contribution is -2.36. The second-order valence-corrected chi connectivity index (χ2v) is 7.84. The molecule has 1 aliphatic carbocycles. The van der Waals surface area contributed by atoms with Crippen molar-refractivity contribution in [3.8, 4) is 0 Å². The molecule has 1 saturated heterocycles. The standard InChI is InChI=1S/C22H22FN3O4/c23-17-4-1-14(2-5-17)21(27)15-9-11-25(12-10-15)19-8-3-16(13-20(19)26(29)30)22(28)24-18-6-7-18/h1-5,8,13,15,18H,6-7,9-12H2,(H,24,28). The highest BCUT2D eigenvalue weighted by molar-refractivity contribution is 5.98. The van der Waals surface area contributed by atoms with Gasteiger partial charge >= 0.3 is 0 Å². The molecule has 1 aliphatic heterocycles. The van der Waals surface area contributed by atoms with Crippen molar-refractivity contribution in [2.75, 3.05) is 18.0 Å². The summed E-state index contributed by atoms with van der Waals surface area (Å²) < 4.78 is 13.1. The number of amides is 1. The van der Waals surface area contributed by atoms with E-state index in [0.29, 0.717) is 37.2 Å². The van der Waals surface area contributed by atoms with E-state index in [1.54, 1.807) is 12.1 Å². The van der Waals surface area contributed by atoms with Crippen LogP contribution in [-0.2, 0) is 0 Å². The third-order valence-electron chi connectivity index (χ3n) is 5.68. The Kier molecular flexibility index (Phi) is 5.48. The summed E-state index contributed by atoms with van der Waals surface area (Å²) >= 11 is 0. The normalized spacial score (nSPS) is 16.9. The Hall–Kier alpha value is -3.29. The zero-order valence-corrected chi connectivity index (χ0v) is 16.3. The summed E-state index contributed by atoms with van der Waals surface area (Å²) in [5.74, 6) is -0.913. The van der Waals surface area contributed by atoms with Crippen molar-refractivity contribution in [3.63, 3.8) is 0 Å². The van der Waals surface area contributed by atoms with Crippen LogP contribution < -0.4 is 10.2 Å². The van der Waals surface area contributed by atoms with Crippen molar-refractivity contribution >= 4 is 23.1 Å². The highest BCUT2D eigenvalue weighted by atomic mass is 19.1. The van der Waals surface area contributed by atoms with Gasteiger partial charge in [0, 0.05) is 42.2 Å². The van der Waals surface area contributed by atoms with Crippen LogP contribution in [0.5, 0.6) is 0 Å². The summed E-state index contributed by atoms with van der Waals surface area (Å²) in [4.78, 5) is 37.9. The second kappa shape index (κ2) is 8.22. The topological polar surface area (TPSA) is 92.6 Å². The molecule has 0 atom stereocenters. The average molecular weight is 411 g/mol. The molecular weight excluding hydrogens is 389 g/mol. The number of rotatable bonds is 6. The van der Waals surface area contributed by atoms with Crippen LogP contribution in [0.4, 0.5) is 15.8 Å². The molecule has 4 rings (SSSR count). The first kappa shape index (κ1) is 20.0. The number of nitro benzene ring substituents is 1. The van der Waals surface area contributed by atoms with E-state index >= 15 is 0 Å². The molecule has 0 spiro atoms. The molecule has 0 bridgehead atoms. The summed E-state index contributed by atoms with van der Waals surface area (Å²) in [5, 5.41) is 14.5. The van der Waals surface area contributed by atoms with Crippen molar-refractivity contribution < 1.29 is 18.9 Å². The summed E-state index contributed by atoms with van der Waals surface area (Å²) in [6, 6.07) is 10.2. The third kappa shape index (κ3) is 4.32. The van der Waals surface area contributed by atoms with Gasteiger partial charge in [0.2, 0.25) is 0 Å². The Bertz CT molecular complexity index is 980. The lowest BCUT2D eigenvalue weighted by molar-refractivity contribution is -0.384. The number of carbonyl (C=O) groups is 2. The Labute approximate surface area is 173 Å². The number of hydrogen-bond acceptors (Lipinski definition) is 5. The van der Waals surface area contributed by atoms with Crippen LogP contribution in [-0.4, -0.2) is 35.7 Å². The van der Waals surface area contributed by atoms with Crippen molar-refractivity contribution in [3.05, 3.63) is 69.5 Å². The number of Topliss-reactive ketones (excluding diaryl/α,β-unsaturated/α-hetero) is 1. The minimum Gasteiger partial charge on any atom is -0.366 e. The first-order valence-corrected chi connectivity index (χ1v) is 10.1. The van der Waals surface area contributed by atoms with Crippen LogP contribution >= 0.6 is 0 Å². The Balaban J connectivity index is 1.45. The summed E-state index contributed by atoms with van der Waals surface area (Å²) in [6.45, 7) is 0.984. The highest BCUT2D eigenvalue weighted by Crippen LogP contribution is 2.33. The number of nitro groups is 1. The molecular formula is C22H22FN3O4. The third-order valence-corrected chi connectivity index (χ3v) is 5.68. The van der Waals surface area contributed by atoms with Crippen LogP contribution in [0.2, 0.25) is 0 Å². The van der Waals surface area contributed by atoms with Gasteiger partial charge in [0.1, 0.15) is 11.5 Å². The molecule has 8 heteroatoms. The fourth-order valence-corrected chi connectivity index (χ4v) is 3.81. The van der Waals surface area contributed by atoms with Gasteiger partial charge in [-0.05, 0) is 62.1 Å². The van der Waals surface area contributed by atoms with Gasteiger partial charge in [-0.2, -0.15) is 0 Å². The van der Waals surface area contributed by atoms with Crippen LogP contribution in [0.1, 0.15) is 46.4 Å². The number of nitrogens with one attached hydrogen (secondary N) is 1. The van der Waals surface area contributed by atoms with Crippen molar-refractivity contribution in [1.29, 1.82) is 0 Å². The molecule has 2 fully saturated rings. The van der Waals surface area contributed by atoms with Gasteiger partial charge in [0.15, 0.2) is 5.78 Å². The molecule has 2 aromatic rings. The van der Waals surface area contributed by atoms with Gasteiger partial charge in [-0.25, -0.2) is 4.39 Å². The Morgan fingerprint density at radius 2 is 1.63 bits per heavy atom. The lowest BCUT2D eigenvalue weighted by Gasteiger charge is -2.32. The van der Waals surface area contributed by atoms with E-state index in [9.17, 15) is 24.1 Å². The van der Waals surface area contributed by atoms with Gasteiger partial charge in [-0.3, -0.25) is 19.7 Å². The maximum absolute atomic E-state index is 13.1. The second-order valence-electron chi connectivity index (χ2n) is 7.84. The Morgan fingerprint density at radius 1 is 1.00 bits per heavy atom. The fourth-order valence-electron chi connectivity index (χ4n) is 3.81. The molecule has 2 aliphatic rings. The maximum Gasteiger partial charge on any atom is 0.293 e.